The summed E-state index contributed by atoms with van der Waals surface area (Å²) < 4.78 is 16.8. The van der Waals surface area contributed by atoms with Crippen LogP contribution in [0, 0.1) is 23.2 Å². The summed E-state index contributed by atoms with van der Waals surface area (Å²) >= 11 is 0. The highest BCUT2D eigenvalue weighted by Crippen LogP contribution is 2.45. The molecule has 26 heavy (non-hydrogen) atoms. The van der Waals surface area contributed by atoms with Crippen molar-refractivity contribution in [3.05, 3.63) is 23.8 Å². The molecular formula is C20H26N2O4. The van der Waals surface area contributed by atoms with E-state index in [0.717, 1.165) is 5.56 Å². The van der Waals surface area contributed by atoms with Crippen LogP contribution in [-0.2, 0) is 14.9 Å². The molecule has 3 rings (SSSR count). The Morgan fingerprint density at radius 2 is 2.08 bits per heavy atom. The van der Waals surface area contributed by atoms with Gasteiger partial charge in [0.15, 0.2) is 11.5 Å². The first-order valence-corrected chi connectivity index (χ1v) is 9.07. The maximum Gasteiger partial charge on any atom is 0.223 e. The Morgan fingerprint density at radius 1 is 1.31 bits per heavy atom. The zero-order valence-corrected chi connectivity index (χ0v) is 15.4. The van der Waals surface area contributed by atoms with E-state index < -0.39 is 17.2 Å². The van der Waals surface area contributed by atoms with Gasteiger partial charge in [0.05, 0.1) is 37.2 Å². The molecule has 1 aromatic rings. The molecule has 3 atom stereocenters. The molecule has 140 valence electrons. The SMILES string of the molecule is COc1ccc(C2(C#N)CCC(OC)C(C(N)=O)C2)cc1OCC1CC1. The summed E-state index contributed by atoms with van der Waals surface area (Å²) in [5.74, 6) is 1.02. The third-order valence-electron chi connectivity index (χ3n) is 5.64. The lowest BCUT2D eigenvalue weighted by Gasteiger charge is -2.39. The second kappa shape index (κ2) is 7.55. The Kier molecular flexibility index (Phi) is 5.38. The number of primary amides is 1. The number of nitriles is 1. The molecule has 0 radical (unpaired) electrons. The van der Waals surface area contributed by atoms with Crippen LogP contribution in [0.2, 0.25) is 0 Å². The van der Waals surface area contributed by atoms with Gasteiger partial charge in [-0.2, -0.15) is 5.26 Å². The van der Waals surface area contributed by atoms with Crippen LogP contribution in [0.4, 0.5) is 0 Å². The van der Waals surface area contributed by atoms with E-state index in [9.17, 15) is 10.1 Å². The molecule has 0 heterocycles. The van der Waals surface area contributed by atoms with Gasteiger partial charge < -0.3 is 19.9 Å². The lowest BCUT2D eigenvalue weighted by atomic mass is 9.65. The third-order valence-corrected chi connectivity index (χ3v) is 5.64. The van der Waals surface area contributed by atoms with Crippen molar-refractivity contribution < 1.29 is 19.0 Å². The number of benzene rings is 1. The Morgan fingerprint density at radius 3 is 2.65 bits per heavy atom. The largest absolute Gasteiger partial charge is 0.493 e. The second-order valence-electron chi connectivity index (χ2n) is 7.34. The van der Waals surface area contributed by atoms with E-state index in [0.29, 0.717) is 43.3 Å². The fourth-order valence-corrected chi connectivity index (χ4v) is 3.77. The van der Waals surface area contributed by atoms with Crippen molar-refractivity contribution in [1.82, 2.24) is 0 Å². The summed E-state index contributed by atoms with van der Waals surface area (Å²) in [7, 11) is 3.18. The Hall–Kier alpha value is -2.26. The molecule has 3 unspecified atom stereocenters. The zero-order valence-electron chi connectivity index (χ0n) is 15.4. The molecule has 2 N–H and O–H groups in total. The molecule has 0 aromatic heterocycles. The molecule has 0 saturated heterocycles. The Bertz CT molecular complexity index is 710. The van der Waals surface area contributed by atoms with Crippen LogP contribution in [0.15, 0.2) is 18.2 Å². The summed E-state index contributed by atoms with van der Waals surface area (Å²) in [6.45, 7) is 0.662. The first-order chi connectivity index (χ1) is 12.5. The number of nitrogens with zero attached hydrogens (tertiary/aromatic N) is 1. The lowest BCUT2D eigenvalue weighted by molar-refractivity contribution is -0.129. The van der Waals surface area contributed by atoms with Gasteiger partial charge in [0.2, 0.25) is 5.91 Å². The van der Waals surface area contributed by atoms with Gasteiger partial charge in [-0.05, 0) is 55.7 Å². The van der Waals surface area contributed by atoms with Crippen LogP contribution in [0.3, 0.4) is 0 Å². The van der Waals surface area contributed by atoms with E-state index in [4.69, 9.17) is 19.9 Å². The fourth-order valence-electron chi connectivity index (χ4n) is 3.77. The predicted molar refractivity (Wildman–Crippen MR) is 95.8 cm³/mol. The zero-order chi connectivity index (χ0) is 18.7. The molecule has 6 heteroatoms. The topological polar surface area (TPSA) is 94.6 Å². The summed E-state index contributed by atoms with van der Waals surface area (Å²) in [5.41, 5.74) is 5.64. The number of hydrogen-bond acceptors (Lipinski definition) is 5. The minimum Gasteiger partial charge on any atom is -0.493 e. The molecule has 1 aromatic carbocycles. The molecule has 0 spiro atoms. The predicted octanol–water partition coefficient (Wildman–Crippen LogP) is 2.55. The van der Waals surface area contributed by atoms with Gasteiger partial charge in [0, 0.05) is 7.11 Å². The van der Waals surface area contributed by atoms with Gasteiger partial charge >= 0.3 is 0 Å². The molecule has 0 bridgehead atoms. The van der Waals surface area contributed by atoms with E-state index in [2.05, 4.69) is 6.07 Å². The van der Waals surface area contributed by atoms with E-state index >= 15 is 0 Å². The van der Waals surface area contributed by atoms with Gasteiger partial charge in [-0.1, -0.05) is 6.07 Å². The normalized spacial score (nSPS) is 28.2. The number of rotatable bonds is 7. The van der Waals surface area contributed by atoms with Crippen molar-refractivity contribution in [3.63, 3.8) is 0 Å². The van der Waals surface area contributed by atoms with Crippen molar-refractivity contribution in [3.8, 4) is 17.6 Å². The van der Waals surface area contributed by atoms with Crippen LogP contribution in [0.1, 0.15) is 37.7 Å². The number of ether oxygens (including phenoxy) is 3. The average molecular weight is 358 g/mol. The molecular weight excluding hydrogens is 332 g/mol. The molecule has 2 aliphatic rings. The summed E-state index contributed by atoms with van der Waals surface area (Å²) in [6.07, 6.45) is 3.73. The molecule has 2 saturated carbocycles. The number of hydrogen-bond donors (Lipinski definition) is 1. The molecule has 1 amide bonds. The van der Waals surface area contributed by atoms with Gasteiger partial charge in [-0.15, -0.1) is 0 Å². The summed E-state index contributed by atoms with van der Waals surface area (Å²) in [5, 5.41) is 9.98. The fraction of sp³-hybridized carbons (Fsp3) is 0.600. The average Bonchev–Trinajstić information content (AvgIpc) is 3.50. The maximum absolute atomic E-state index is 11.9. The Labute approximate surface area is 154 Å². The molecule has 6 nitrogen and oxygen atoms in total. The van der Waals surface area contributed by atoms with Crippen LogP contribution in [0.5, 0.6) is 11.5 Å². The molecule has 2 fully saturated rings. The molecule has 2 aliphatic carbocycles. The summed E-state index contributed by atoms with van der Waals surface area (Å²) in [4.78, 5) is 11.9. The monoisotopic (exact) mass is 358 g/mol. The second-order valence-corrected chi connectivity index (χ2v) is 7.34. The van der Waals surface area contributed by atoms with Crippen molar-refractivity contribution >= 4 is 5.91 Å². The first kappa shape index (κ1) is 18.5. The third kappa shape index (κ3) is 3.63. The number of nitrogens with two attached hydrogens (primary N) is 1. The standard InChI is InChI=1S/C20H26N2O4/c1-24-16-7-8-20(12-21,10-15(16)19(22)23)14-5-6-17(25-2)18(9-14)26-11-13-3-4-13/h5-6,9,13,15-16H,3-4,7-8,10-11H2,1-2H3,(H2,22,23). The van der Waals surface area contributed by atoms with E-state index in [1.54, 1.807) is 14.2 Å². The minimum atomic E-state index is -0.779. The summed E-state index contributed by atoms with van der Waals surface area (Å²) in [6, 6.07) is 8.05. The number of carbonyl (C=O) groups excluding carboxylic acids is 1. The van der Waals surface area contributed by atoms with Gasteiger partial charge in [0.1, 0.15) is 0 Å². The van der Waals surface area contributed by atoms with Crippen molar-refractivity contribution in [2.24, 2.45) is 17.6 Å². The van der Waals surface area contributed by atoms with Crippen LogP contribution >= 0.6 is 0 Å². The van der Waals surface area contributed by atoms with Gasteiger partial charge in [-0.3, -0.25) is 4.79 Å². The van der Waals surface area contributed by atoms with Crippen molar-refractivity contribution in [1.29, 1.82) is 5.26 Å². The first-order valence-electron chi connectivity index (χ1n) is 9.07. The highest BCUT2D eigenvalue weighted by atomic mass is 16.5. The number of amides is 1. The number of carbonyl (C=O) groups is 1. The van der Waals surface area contributed by atoms with Crippen molar-refractivity contribution in [2.75, 3.05) is 20.8 Å². The van der Waals surface area contributed by atoms with Gasteiger partial charge in [0.25, 0.3) is 0 Å². The quantitative estimate of drug-likeness (QED) is 0.808. The Balaban J connectivity index is 1.90. The smallest absolute Gasteiger partial charge is 0.223 e. The van der Waals surface area contributed by atoms with E-state index in [-0.39, 0.29) is 6.10 Å². The van der Waals surface area contributed by atoms with E-state index in [1.165, 1.54) is 12.8 Å². The maximum atomic E-state index is 11.9. The van der Waals surface area contributed by atoms with Crippen LogP contribution in [0.25, 0.3) is 0 Å². The lowest BCUT2D eigenvalue weighted by Crippen LogP contribution is -2.45. The van der Waals surface area contributed by atoms with E-state index in [1.807, 2.05) is 18.2 Å². The van der Waals surface area contributed by atoms with Crippen LogP contribution < -0.4 is 15.2 Å². The van der Waals surface area contributed by atoms with Crippen LogP contribution in [-0.4, -0.2) is 32.8 Å². The number of methoxy groups -OCH3 is 2. The molecule has 0 aliphatic heterocycles. The van der Waals surface area contributed by atoms with Gasteiger partial charge in [-0.25, -0.2) is 0 Å². The minimum absolute atomic E-state index is 0.238. The van der Waals surface area contributed by atoms with Crippen molar-refractivity contribution in [2.45, 2.75) is 43.6 Å². The highest BCUT2D eigenvalue weighted by Gasteiger charge is 2.45. The highest BCUT2D eigenvalue weighted by molar-refractivity contribution is 5.78.